The van der Waals surface area contributed by atoms with E-state index in [2.05, 4.69) is 50.3 Å². The van der Waals surface area contributed by atoms with Crippen molar-refractivity contribution >= 4 is 19.8 Å². The van der Waals surface area contributed by atoms with E-state index in [-0.39, 0.29) is 25.6 Å². The fourth-order valence-corrected chi connectivity index (χ4v) is 8.94. The van der Waals surface area contributed by atoms with Gasteiger partial charge in [-0.25, -0.2) is 4.57 Å². The van der Waals surface area contributed by atoms with Crippen LogP contribution >= 0.6 is 7.82 Å². The van der Waals surface area contributed by atoms with E-state index in [1.807, 2.05) is 21.1 Å². The molecule has 9 nitrogen and oxygen atoms in total. The Hall–Kier alpha value is -1.77. The molecule has 0 spiro atoms. The topological polar surface area (TPSA) is 108 Å². The molecule has 0 rings (SSSR count). The summed E-state index contributed by atoms with van der Waals surface area (Å²) in [6.45, 7) is 4.46. The van der Waals surface area contributed by atoms with Crippen LogP contribution in [0.15, 0.2) is 36.5 Å². The molecule has 68 heavy (non-hydrogen) atoms. The summed E-state index contributed by atoms with van der Waals surface area (Å²) >= 11 is 0. The zero-order valence-corrected chi connectivity index (χ0v) is 46.2. The number of carbonyl (C=O) groups excluding carboxylic acids is 2. The first-order valence-electron chi connectivity index (χ1n) is 28.7. The standard InChI is InChI=1S/C58H110NO8P/c1-6-8-10-12-14-16-18-20-22-23-24-25-26-27-28-29-30-31-32-33-34-35-37-39-41-43-45-47-49-51-58(61)67-56(55-66-68(62,63)65-53-52-59(3,4)5)54-64-57(60)50-48-46-44-42-40-38-36-21-19-17-15-13-11-9-7-2/h18,20,23-24,26-27,56H,6-17,19,21-22,25,28-55H2,1-5H3/p+1/b20-18-,24-23-,27-26-. The number of allylic oxidation sites excluding steroid dienone is 6. The summed E-state index contributed by atoms with van der Waals surface area (Å²) in [6.07, 6.45) is 60.7. The Kier molecular flexibility index (Phi) is 48.9. The summed E-state index contributed by atoms with van der Waals surface area (Å²) in [4.78, 5) is 35.6. The van der Waals surface area contributed by atoms with Crippen LogP contribution in [0.3, 0.4) is 0 Å². The van der Waals surface area contributed by atoms with Crippen molar-refractivity contribution in [3.8, 4) is 0 Å². The van der Waals surface area contributed by atoms with Crippen LogP contribution < -0.4 is 0 Å². The molecule has 0 bridgehead atoms. The van der Waals surface area contributed by atoms with Gasteiger partial charge in [0.15, 0.2) is 6.10 Å². The maximum atomic E-state index is 12.8. The van der Waals surface area contributed by atoms with Gasteiger partial charge in [-0.2, -0.15) is 0 Å². The Morgan fingerprint density at radius 2 is 0.794 bits per heavy atom. The van der Waals surface area contributed by atoms with Crippen molar-refractivity contribution in [3.05, 3.63) is 36.5 Å². The predicted molar refractivity (Wildman–Crippen MR) is 289 cm³/mol. The highest BCUT2D eigenvalue weighted by Crippen LogP contribution is 2.43. The largest absolute Gasteiger partial charge is 0.472 e. The van der Waals surface area contributed by atoms with Crippen molar-refractivity contribution in [2.75, 3.05) is 47.5 Å². The normalized spacial score (nSPS) is 13.6. The lowest BCUT2D eigenvalue weighted by Crippen LogP contribution is -2.37. The highest BCUT2D eigenvalue weighted by Gasteiger charge is 2.27. The van der Waals surface area contributed by atoms with Gasteiger partial charge in [-0.05, 0) is 51.4 Å². The minimum Gasteiger partial charge on any atom is -0.462 e. The average Bonchev–Trinajstić information content (AvgIpc) is 3.30. The molecular formula is C58H111NO8P+. The van der Waals surface area contributed by atoms with Gasteiger partial charge in [0.2, 0.25) is 0 Å². The lowest BCUT2D eigenvalue weighted by atomic mass is 10.0. The van der Waals surface area contributed by atoms with Gasteiger partial charge in [-0.3, -0.25) is 18.6 Å². The van der Waals surface area contributed by atoms with Crippen LogP contribution in [-0.4, -0.2) is 74.9 Å². The lowest BCUT2D eigenvalue weighted by molar-refractivity contribution is -0.870. The molecule has 0 aromatic rings. The van der Waals surface area contributed by atoms with Gasteiger partial charge in [0, 0.05) is 12.8 Å². The number of ether oxygens (including phenoxy) is 2. The Morgan fingerprint density at radius 3 is 1.18 bits per heavy atom. The molecule has 0 heterocycles. The third-order valence-corrected chi connectivity index (χ3v) is 13.7. The summed E-state index contributed by atoms with van der Waals surface area (Å²) in [5, 5.41) is 0. The van der Waals surface area contributed by atoms with E-state index in [4.69, 9.17) is 18.5 Å². The first kappa shape index (κ1) is 66.2. The van der Waals surface area contributed by atoms with Crippen molar-refractivity contribution in [1.82, 2.24) is 0 Å². The molecule has 2 unspecified atom stereocenters. The SMILES string of the molecule is CCCCCCC/C=C\C/C=C\C/C=C\CCCCCCCCCCCCCCCCC(=O)OC(COC(=O)CCCCCCCCCCCCCCCCC)COP(=O)(O)OCC[N+](C)(C)C. The molecule has 0 radical (unpaired) electrons. The predicted octanol–water partition coefficient (Wildman–Crippen LogP) is 17.6. The summed E-state index contributed by atoms with van der Waals surface area (Å²) in [5.41, 5.74) is 0. The molecule has 0 aliphatic carbocycles. The van der Waals surface area contributed by atoms with Crippen LogP contribution in [-0.2, 0) is 32.7 Å². The van der Waals surface area contributed by atoms with E-state index in [1.165, 1.54) is 193 Å². The van der Waals surface area contributed by atoms with Gasteiger partial charge in [-0.1, -0.05) is 243 Å². The molecule has 0 fully saturated rings. The number of carbonyl (C=O) groups is 2. The number of esters is 2. The molecule has 400 valence electrons. The molecular weight excluding hydrogens is 870 g/mol. The van der Waals surface area contributed by atoms with Crippen molar-refractivity contribution in [1.29, 1.82) is 0 Å². The third kappa shape index (κ3) is 53.6. The number of hydrogen-bond donors (Lipinski definition) is 1. The van der Waals surface area contributed by atoms with Crippen molar-refractivity contribution < 1.29 is 42.1 Å². The number of unbranched alkanes of at least 4 members (excludes halogenated alkanes) is 33. The van der Waals surface area contributed by atoms with E-state index in [0.717, 1.165) is 44.9 Å². The first-order chi connectivity index (χ1) is 33.0. The van der Waals surface area contributed by atoms with Crippen molar-refractivity contribution in [2.24, 2.45) is 0 Å². The molecule has 0 amide bonds. The van der Waals surface area contributed by atoms with Gasteiger partial charge < -0.3 is 18.9 Å². The van der Waals surface area contributed by atoms with Gasteiger partial charge in [0.05, 0.1) is 27.7 Å². The number of phosphoric ester groups is 1. The van der Waals surface area contributed by atoms with E-state index >= 15 is 0 Å². The van der Waals surface area contributed by atoms with Gasteiger partial charge in [0.25, 0.3) is 0 Å². The second-order valence-corrected chi connectivity index (χ2v) is 22.1. The fourth-order valence-electron chi connectivity index (χ4n) is 8.20. The number of quaternary nitrogens is 1. The first-order valence-corrected chi connectivity index (χ1v) is 30.2. The van der Waals surface area contributed by atoms with E-state index in [9.17, 15) is 19.0 Å². The summed E-state index contributed by atoms with van der Waals surface area (Å²) in [7, 11) is 1.49. The van der Waals surface area contributed by atoms with Crippen LogP contribution in [0.5, 0.6) is 0 Å². The van der Waals surface area contributed by atoms with Crippen LogP contribution in [0, 0.1) is 0 Å². The Labute approximate surface area is 421 Å². The number of likely N-dealkylation sites (N-methyl/N-ethyl adjacent to an activating group) is 1. The average molecular weight is 981 g/mol. The van der Waals surface area contributed by atoms with Gasteiger partial charge >= 0.3 is 19.8 Å². The molecule has 10 heteroatoms. The maximum Gasteiger partial charge on any atom is 0.472 e. The quantitative estimate of drug-likeness (QED) is 0.0211. The van der Waals surface area contributed by atoms with Crippen LogP contribution in [0.2, 0.25) is 0 Å². The maximum absolute atomic E-state index is 12.8. The minimum absolute atomic E-state index is 0.0336. The summed E-state index contributed by atoms with van der Waals surface area (Å²) in [5.74, 6) is -0.785. The van der Waals surface area contributed by atoms with Gasteiger partial charge in [0.1, 0.15) is 19.8 Å². The zero-order chi connectivity index (χ0) is 49.9. The minimum atomic E-state index is -4.38. The fraction of sp³-hybridized carbons (Fsp3) is 0.862. The van der Waals surface area contributed by atoms with Crippen molar-refractivity contribution in [2.45, 2.75) is 277 Å². The molecule has 0 aromatic heterocycles. The molecule has 1 N–H and O–H groups in total. The Morgan fingerprint density at radius 1 is 0.456 bits per heavy atom. The molecule has 0 aliphatic heterocycles. The van der Waals surface area contributed by atoms with Gasteiger partial charge in [-0.15, -0.1) is 0 Å². The van der Waals surface area contributed by atoms with E-state index < -0.39 is 26.5 Å². The number of phosphoric acid groups is 1. The Bertz CT molecular complexity index is 1250. The number of rotatable bonds is 53. The molecule has 0 saturated heterocycles. The van der Waals surface area contributed by atoms with Crippen LogP contribution in [0.4, 0.5) is 0 Å². The monoisotopic (exact) mass is 981 g/mol. The smallest absolute Gasteiger partial charge is 0.462 e. The van der Waals surface area contributed by atoms with Crippen LogP contribution in [0.1, 0.15) is 271 Å². The van der Waals surface area contributed by atoms with E-state index in [0.29, 0.717) is 23.9 Å². The number of nitrogens with zero attached hydrogens (tertiary/aromatic N) is 1. The highest BCUT2D eigenvalue weighted by atomic mass is 31.2. The van der Waals surface area contributed by atoms with Crippen LogP contribution in [0.25, 0.3) is 0 Å². The van der Waals surface area contributed by atoms with Crippen molar-refractivity contribution in [3.63, 3.8) is 0 Å². The molecule has 0 aromatic carbocycles. The summed E-state index contributed by atoms with van der Waals surface area (Å²) in [6, 6.07) is 0. The second-order valence-electron chi connectivity index (χ2n) is 20.7. The molecule has 2 atom stereocenters. The van der Waals surface area contributed by atoms with E-state index in [1.54, 1.807) is 0 Å². The third-order valence-electron chi connectivity index (χ3n) is 12.7. The highest BCUT2D eigenvalue weighted by molar-refractivity contribution is 7.47. The molecule has 0 saturated carbocycles. The lowest BCUT2D eigenvalue weighted by Gasteiger charge is -2.24. The summed E-state index contributed by atoms with van der Waals surface area (Å²) < 4.78 is 34.5. The molecule has 0 aliphatic rings. The second kappa shape index (κ2) is 50.2. The zero-order valence-electron chi connectivity index (χ0n) is 45.4. The Balaban J connectivity index is 4.10. The number of hydrogen-bond acceptors (Lipinski definition) is 7.